The molecule has 0 fully saturated rings. The van der Waals surface area contributed by atoms with Crippen molar-refractivity contribution in [2.24, 2.45) is 0 Å². The number of alkyl carbamates (subject to hydrolysis) is 1. The lowest BCUT2D eigenvalue weighted by Gasteiger charge is -2.34. The van der Waals surface area contributed by atoms with Crippen LogP contribution in [0.1, 0.15) is 33.4 Å². The summed E-state index contributed by atoms with van der Waals surface area (Å²) in [4.78, 5) is 39.5. The molecule has 164 valence electrons. The summed E-state index contributed by atoms with van der Waals surface area (Å²) in [7, 11) is 0. The molecule has 0 aliphatic heterocycles. The Bertz CT molecular complexity index is 725. The van der Waals surface area contributed by atoms with Crippen LogP contribution in [-0.2, 0) is 30.2 Å². The number of amides is 1. The zero-order valence-electron chi connectivity index (χ0n) is 16.2. The van der Waals surface area contributed by atoms with E-state index in [4.69, 9.17) is 4.74 Å². The molecule has 0 bridgehead atoms. The molecule has 0 saturated carbocycles. The van der Waals surface area contributed by atoms with Crippen molar-refractivity contribution in [1.82, 2.24) is 10.3 Å². The van der Waals surface area contributed by atoms with E-state index in [0.717, 1.165) is 0 Å². The molecule has 0 spiro atoms. The van der Waals surface area contributed by atoms with Gasteiger partial charge in [-0.2, -0.15) is 13.2 Å². The molecule has 1 rings (SSSR count). The number of carbonyl (C=O) groups is 3. The number of thiazole rings is 1. The van der Waals surface area contributed by atoms with Gasteiger partial charge in [0.2, 0.25) is 0 Å². The van der Waals surface area contributed by atoms with E-state index in [2.05, 4.69) is 14.5 Å². The fraction of sp³-hybridized carbons (Fsp3) is 0.625. The Morgan fingerprint density at radius 2 is 1.79 bits per heavy atom. The van der Waals surface area contributed by atoms with Crippen LogP contribution in [0.25, 0.3) is 0 Å². The highest BCUT2D eigenvalue weighted by Gasteiger charge is 2.64. The van der Waals surface area contributed by atoms with Crippen LogP contribution in [0, 0.1) is 0 Å². The van der Waals surface area contributed by atoms with E-state index in [1.165, 1.54) is 31.5 Å². The van der Waals surface area contributed by atoms with E-state index in [1.807, 2.05) is 5.32 Å². The molecule has 0 aliphatic rings. The summed E-state index contributed by atoms with van der Waals surface area (Å²) in [5.41, 5.74) is -3.52. The number of nitrogens with one attached hydrogen (secondary N) is 2. The first kappa shape index (κ1) is 24.5. The second kappa shape index (κ2) is 10.3. The summed E-state index contributed by atoms with van der Waals surface area (Å²) in [6, 6.07) is 0. The van der Waals surface area contributed by atoms with Gasteiger partial charge in [-0.15, -0.1) is 11.3 Å². The summed E-state index contributed by atoms with van der Waals surface area (Å²) in [5.74, 6) is -2.41. The number of hydrogen-bond acceptors (Lipinski definition) is 9. The summed E-state index contributed by atoms with van der Waals surface area (Å²) in [6.07, 6.45) is -7.81. The van der Waals surface area contributed by atoms with E-state index in [9.17, 15) is 27.6 Å². The molecule has 0 radical (unpaired) electrons. The summed E-state index contributed by atoms with van der Waals surface area (Å²) in [6.45, 7) is 5.53. The highest BCUT2D eigenvalue weighted by molar-refractivity contribution is 7.13. The molecule has 1 atom stereocenters. The number of alkyl halides is 3. The number of aromatic nitrogens is 1. The third-order valence-corrected chi connectivity index (χ3v) is 3.92. The number of ether oxygens (including phenoxy) is 3. The van der Waals surface area contributed by atoms with E-state index < -0.39 is 36.0 Å². The van der Waals surface area contributed by atoms with Gasteiger partial charge in [0.25, 0.3) is 0 Å². The molecule has 1 amide bonds. The number of hydrogen-bond donors (Lipinski definition) is 2. The second-order valence-electron chi connectivity index (χ2n) is 5.80. The standard InChI is InChI=1S/C16H22F3N3O6S/c1-5-26-11(23)7-10-8-29-13(20-10)21-15(16(17,18)19,12(24)27-6-2)22-14(25)28-9(3)4/h8-9H,5-7H2,1-4H3,(H,20,21)(H,22,25). The molecule has 2 N–H and O–H groups in total. The maximum absolute atomic E-state index is 13.9. The lowest BCUT2D eigenvalue weighted by molar-refractivity contribution is -0.205. The Morgan fingerprint density at radius 1 is 1.17 bits per heavy atom. The van der Waals surface area contributed by atoms with Gasteiger partial charge in [0.15, 0.2) is 5.13 Å². The van der Waals surface area contributed by atoms with Gasteiger partial charge in [-0.1, -0.05) is 0 Å². The van der Waals surface area contributed by atoms with Crippen molar-refractivity contribution >= 4 is 34.5 Å². The van der Waals surface area contributed by atoms with Crippen LogP contribution in [0.2, 0.25) is 0 Å². The maximum Gasteiger partial charge on any atom is 0.442 e. The number of anilines is 1. The van der Waals surface area contributed by atoms with Crippen molar-refractivity contribution in [3.05, 3.63) is 11.1 Å². The van der Waals surface area contributed by atoms with Gasteiger partial charge in [0.05, 0.1) is 31.4 Å². The minimum absolute atomic E-state index is 0.126. The van der Waals surface area contributed by atoms with Crippen LogP contribution in [0.15, 0.2) is 5.38 Å². The second-order valence-corrected chi connectivity index (χ2v) is 6.66. The third-order valence-electron chi connectivity index (χ3n) is 3.12. The first-order valence-corrected chi connectivity index (χ1v) is 9.44. The highest BCUT2D eigenvalue weighted by Crippen LogP contribution is 2.34. The molecule has 1 heterocycles. The number of carbonyl (C=O) groups excluding carboxylic acids is 3. The molecule has 9 nitrogen and oxygen atoms in total. The molecular formula is C16H22F3N3O6S. The molecule has 1 unspecified atom stereocenters. The van der Waals surface area contributed by atoms with Crippen LogP contribution in [-0.4, -0.2) is 54.2 Å². The predicted octanol–water partition coefficient (Wildman–Crippen LogP) is 2.62. The zero-order valence-corrected chi connectivity index (χ0v) is 17.0. The first-order chi connectivity index (χ1) is 13.4. The lowest BCUT2D eigenvalue weighted by atomic mass is 10.1. The van der Waals surface area contributed by atoms with Gasteiger partial charge in [0.1, 0.15) is 0 Å². The van der Waals surface area contributed by atoms with Crippen LogP contribution in [0.3, 0.4) is 0 Å². The SMILES string of the molecule is CCOC(=O)Cc1csc(NC(NC(=O)OC(C)C)(C(=O)OCC)C(F)(F)F)n1. The van der Waals surface area contributed by atoms with Crippen molar-refractivity contribution < 1.29 is 41.8 Å². The average molecular weight is 441 g/mol. The van der Waals surface area contributed by atoms with Crippen LogP contribution >= 0.6 is 11.3 Å². The summed E-state index contributed by atoms with van der Waals surface area (Å²) in [5, 5.41) is 4.34. The van der Waals surface area contributed by atoms with Crippen LogP contribution in [0.4, 0.5) is 23.1 Å². The monoisotopic (exact) mass is 441 g/mol. The Morgan fingerprint density at radius 3 is 2.31 bits per heavy atom. The molecular weight excluding hydrogens is 419 g/mol. The van der Waals surface area contributed by atoms with E-state index >= 15 is 0 Å². The summed E-state index contributed by atoms with van der Waals surface area (Å²) < 4.78 is 55.7. The highest BCUT2D eigenvalue weighted by atomic mass is 32.1. The van der Waals surface area contributed by atoms with Crippen molar-refractivity contribution in [2.45, 2.75) is 52.1 Å². The van der Waals surface area contributed by atoms with Gasteiger partial charge < -0.3 is 19.5 Å². The van der Waals surface area contributed by atoms with Crippen LogP contribution < -0.4 is 10.6 Å². The van der Waals surface area contributed by atoms with Gasteiger partial charge in [0, 0.05) is 5.38 Å². The van der Waals surface area contributed by atoms with Gasteiger partial charge >= 0.3 is 29.9 Å². The minimum atomic E-state index is -5.32. The van der Waals surface area contributed by atoms with Crippen molar-refractivity contribution in [3.8, 4) is 0 Å². The quantitative estimate of drug-likeness (QED) is 0.341. The molecule has 0 saturated heterocycles. The van der Waals surface area contributed by atoms with Crippen molar-refractivity contribution in [1.29, 1.82) is 0 Å². The maximum atomic E-state index is 13.9. The third kappa shape index (κ3) is 6.76. The van der Waals surface area contributed by atoms with E-state index in [0.29, 0.717) is 11.3 Å². The Kier molecular flexibility index (Phi) is 8.67. The number of halogens is 3. The molecule has 13 heteroatoms. The van der Waals surface area contributed by atoms with Gasteiger partial charge in [-0.25, -0.2) is 14.6 Å². The normalized spacial score (nSPS) is 13.4. The van der Waals surface area contributed by atoms with Crippen molar-refractivity contribution in [2.75, 3.05) is 18.5 Å². The van der Waals surface area contributed by atoms with E-state index in [-0.39, 0.29) is 30.5 Å². The summed E-state index contributed by atoms with van der Waals surface area (Å²) >= 11 is 0.699. The Hall–Kier alpha value is -2.57. The largest absolute Gasteiger partial charge is 0.466 e. The molecule has 1 aromatic rings. The lowest BCUT2D eigenvalue weighted by Crippen LogP contribution is -2.69. The number of esters is 2. The molecule has 29 heavy (non-hydrogen) atoms. The Balaban J connectivity index is 3.22. The number of rotatable bonds is 9. The topological polar surface area (TPSA) is 116 Å². The van der Waals surface area contributed by atoms with Crippen LogP contribution in [0.5, 0.6) is 0 Å². The fourth-order valence-electron chi connectivity index (χ4n) is 1.99. The minimum Gasteiger partial charge on any atom is -0.466 e. The predicted molar refractivity (Wildman–Crippen MR) is 96.2 cm³/mol. The van der Waals surface area contributed by atoms with Gasteiger partial charge in [-0.05, 0) is 27.7 Å². The zero-order chi connectivity index (χ0) is 22.2. The molecule has 0 aliphatic carbocycles. The van der Waals surface area contributed by atoms with Gasteiger partial charge in [-0.3, -0.25) is 10.1 Å². The van der Waals surface area contributed by atoms with Crippen molar-refractivity contribution in [3.63, 3.8) is 0 Å². The molecule has 0 aromatic carbocycles. The smallest absolute Gasteiger partial charge is 0.442 e. The fourth-order valence-corrected chi connectivity index (χ4v) is 2.76. The Labute approximate surface area is 168 Å². The first-order valence-electron chi connectivity index (χ1n) is 8.56. The average Bonchev–Trinajstić information content (AvgIpc) is 2.99. The number of nitrogens with zero attached hydrogens (tertiary/aromatic N) is 1. The van der Waals surface area contributed by atoms with E-state index in [1.54, 1.807) is 6.92 Å². The molecule has 1 aromatic heterocycles.